The Hall–Kier alpha value is -0.850. The molecule has 1 amide bonds. The smallest absolute Gasteiger partial charge is 0.241 e. The van der Waals surface area contributed by atoms with Gasteiger partial charge in [0.1, 0.15) is 0 Å². The Kier molecular flexibility index (Phi) is 10.6. The average Bonchev–Trinajstić information content (AvgIpc) is 2.65. The Morgan fingerprint density at radius 3 is 2.48 bits per heavy atom. The molecule has 0 bridgehead atoms. The number of hydrogen-bond acceptors (Lipinski definition) is 4. The lowest BCUT2D eigenvalue weighted by Gasteiger charge is -2.33. The Bertz CT molecular complexity index is 565. The van der Waals surface area contributed by atoms with E-state index in [1.165, 1.54) is 31.4 Å². The van der Waals surface area contributed by atoms with Gasteiger partial charge in [0.15, 0.2) is 0 Å². The van der Waals surface area contributed by atoms with Crippen LogP contribution < -0.4 is 11.1 Å². The Morgan fingerprint density at radius 1 is 1.19 bits per heavy atom. The SMILES string of the molecule is CC1CCCCN1Cc1ccc(NC(=O)C(N)C2CCOCC2)cc1.Cl.Cl. The molecule has 2 unspecified atom stereocenters. The topological polar surface area (TPSA) is 67.6 Å². The molecule has 2 heterocycles. The van der Waals surface area contributed by atoms with E-state index in [1.54, 1.807) is 0 Å². The fraction of sp³-hybridized carbons (Fsp3) is 0.650. The minimum Gasteiger partial charge on any atom is -0.381 e. The highest BCUT2D eigenvalue weighted by Gasteiger charge is 2.26. The van der Waals surface area contributed by atoms with Gasteiger partial charge in [-0.15, -0.1) is 24.8 Å². The number of nitrogens with two attached hydrogens (primary N) is 1. The molecule has 7 heteroatoms. The van der Waals surface area contributed by atoms with Crippen LogP contribution in [0.3, 0.4) is 0 Å². The van der Waals surface area contributed by atoms with E-state index in [9.17, 15) is 4.79 Å². The first-order valence-electron chi connectivity index (χ1n) is 9.60. The van der Waals surface area contributed by atoms with Crippen molar-refractivity contribution in [3.05, 3.63) is 29.8 Å². The molecule has 0 saturated carbocycles. The average molecular weight is 418 g/mol. The Labute approximate surface area is 175 Å². The van der Waals surface area contributed by atoms with E-state index in [1.807, 2.05) is 12.1 Å². The maximum Gasteiger partial charge on any atom is 0.241 e. The van der Waals surface area contributed by atoms with Crippen molar-refractivity contribution in [1.82, 2.24) is 4.90 Å². The monoisotopic (exact) mass is 417 g/mol. The third-order valence-corrected chi connectivity index (χ3v) is 5.62. The van der Waals surface area contributed by atoms with Gasteiger partial charge in [0.05, 0.1) is 6.04 Å². The molecule has 1 aromatic rings. The second-order valence-electron chi connectivity index (χ2n) is 7.48. The quantitative estimate of drug-likeness (QED) is 0.767. The molecule has 2 saturated heterocycles. The summed E-state index contributed by atoms with van der Waals surface area (Å²) in [6, 6.07) is 8.38. The predicted octanol–water partition coefficient (Wildman–Crippen LogP) is 3.60. The summed E-state index contributed by atoms with van der Waals surface area (Å²) in [4.78, 5) is 14.9. The molecule has 2 atom stereocenters. The lowest BCUT2D eigenvalue weighted by Crippen LogP contribution is -2.44. The summed E-state index contributed by atoms with van der Waals surface area (Å²) < 4.78 is 5.34. The van der Waals surface area contributed by atoms with Crippen LogP contribution in [0.4, 0.5) is 5.69 Å². The summed E-state index contributed by atoms with van der Waals surface area (Å²) >= 11 is 0. The van der Waals surface area contributed by atoms with Gasteiger partial charge in [-0.3, -0.25) is 9.69 Å². The number of ether oxygens (including phenoxy) is 1. The van der Waals surface area contributed by atoms with E-state index in [4.69, 9.17) is 10.5 Å². The highest BCUT2D eigenvalue weighted by molar-refractivity contribution is 5.94. The van der Waals surface area contributed by atoms with E-state index >= 15 is 0 Å². The van der Waals surface area contributed by atoms with Crippen molar-refractivity contribution < 1.29 is 9.53 Å². The number of rotatable bonds is 5. The summed E-state index contributed by atoms with van der Waals surface area (Å²) in [6.45, 7) is 5.88. The highest BCUT2D eigenvalue weighted by atomic mass is 35.5. The fourth-order valence-corrected chi connectivity index (χ4v) is 3.84. The van der Waals surface area contributed by atoms with Gasteiger partial charge in [0, 0.05) is 31.5 Å². The van der Waals surface area contributed by atoms with Gasteiger partial charge in [-0.1, -0.05) is 18.6 Å². The Morgan fingerprint density at radius 2 is 1.85 bits per heavy atom. The van der Waals surface area contributed by atoms with Crippen molar-refractivity contribution >= 4 is 36.4 Å². The molecule has 1 aromatic carbocycles. The second kappa shape index (κ2) is 11.9. The van der Waals surface area contributed by atoms with Crippen molar-refractivity contribution in [1.29, 1.82) is 0 Å². The third-order valence-electron chi connectivity index (χ3n) is 5.62. The standard InChI is InChI=1S/C20H31N3O2.2ClH/c1-15-4-2-3-11-23(15)14-16-5-7-18(8-6-16)22-20(24)19(21)17-9-12-25-13-10-17;;/h5-8,15,17,19H,2-4,9-14,21H2,1H3,(H,22,24);2*1H. The second-order valence-corrected chi connectivity index (χ2v) is 7.48. The molecular weight excluding hydrogens is 385 g/mol. The molecule has 5 nitrogen and oxygen atoms in total. The molecular formula is C20H33Cl2N3O2. The summed E-state index contributed by atoms with van der Waals surface area (Å²) in [6.07, 6.45) is 5.65. The number of nitrogens with one attached hydrogen (secondary N) is 1. The van der Waals surface area contributed by atoms with Crippen LogP contribution in [-0.2, 0) is 16.1 Å². The normalized spacial score (nSPS) is 22.2. The van der Waals surface area contributed by atoms with Crippen LogP contribution in [0.25, 0.3) is 0 Å². The molecule has 0 aromatic heterocycles. The van der Waals surface area contributed by atoms with Crippen LogP contribution >= 0.6 is 24.8 Å². The number of benzene rings is 1. The maximum atomic E-state index is 12.4. The molecule has 2 fully saturated rings. The van der Waals surface area contributed by atoms with Crippen molar-refractivity contribution in [2.45, 2.75) is 57.7 Å². The van der Waals surface area contributed by atoms with Gasteiger partial charge >= 0.3 is 0 Å². The molecule has 0 spiro atoms. The zero-order chi connectivity index (χ0) is 17.6. The number of anilines is 1. The predicted molar refractivity (Wildman–Crippen MR) is 115 cm³/mol. The molecule has 154 valence electrons. The van der Waals surface area contributed by atoms with Crippen molar-refractivity contribution in [2.24, 2.45) is 11.7 Å². The van der Waals surface area contributed by atoms with Gasteiger partial charge < -0.3 is 15.8 Å². The van der Waals surface area contributed by atoms with E-state index in [0.717, 1.165) is 25.1 Å². The summed E-state index contributed by atoms with van der Waals surface area (Å²) in [5.41, 5.74) is 8.25. The van der Waals surface area contributed by atoms with Crippen molar-refractivity contribution in [3.63, 3.8) is 0 Å². The molecule has 0 aliphatic carbocycles. The number of carbonyl (C=O) groups is 1. The first kappa shape index (κ1) is 24.2. The maximum absolute atomic E-state index is 12.4. The number of likely N-dealkylation sites (tertiary alicyclic amines) is 1. The van der Waals surface area contributed by atoms with Gasteiger partial charge in [-0.2, -0.15) is 0 Å². The lowest BCUT2D eigenvalue weighted by molar-refractivity contribution is -0.119. The van der Waals surface area contributed by atoms with Gasteiger partial charge in [-0.05, 0) is 62.8 Å². The minimum absolute atomic E-state index is 0. The van der Waals surface area contributed by atoms with Crippen LogP contribution in [0.5, 0.6) is 0 Å². The van der Waals surface area contributed by atoms with Gasteiger partial charge in [-0.25, -0.2) is 0 Å². The number of carbonyl (C=O) groups excluding carboxylic acids is 1. The molecule has 3 rings (SSSR count). The number of piperidine rings is 1. The van der Waals surface area contributed by atoms with Crippen LogP contribution in [0, 0.1) is 5.92 Å². The zero-order valence-corrected chi connectivity index (χ0v) is 17.7. The largest absolute Gasteiger partial charge is 0.381 e. The van der Waals surface area contributed by atoms with Crippen LogP contribution in [0.2, 0.25) is 0 Å². The summed E-state index contributed by atoms with van der Waals surface area (Å²) in [7, 11) is 0. The molecule has 0 radical (unpaired) electrons. The first-order valence-corrected chi connectivity index (χ1v) is 9.60. The molecule has 2 aliphatic heterocycles. The van der Waals surface area contributed by atoms with E-state index in [-0.39, 0.29) is 36.6 Å². The molecule has 27 heavy (non-hydrogen) atoms. The first-order chi connectivity index (χ1) is 12.1. The summed E-state index contributed by atoms with van der Waals surface area (Å²) in [5, 5.41) is 2.96. The fourth-order valence-electron chi connectivity index (χ4n) is 3.84. The molecule has 3 N–H and O–H groups in total. The van der Waals surface area contributed by atoms with Crippen molar-refractivity contribution in [3.8, 4) is 0 Å². The Balaban J connectivity index is 0.00000182. The van der Waals surface area contributed by atoms with Crippen LogP contribution in [0.1, 0.15) is 44.6 Å². The van der Waals surface area contributed by atoms with Crippen molar-refractivity contribution in [2.75, 3.05) is 25.1 Å². The van der Waals surface area contributed by atoms with E-state index < -0.39 is 6.04 Å². The number of amides is 1. The van der Waals surface area contributed by atoms with Crippen LogP contribution in [-0.4, -0.2) is 42.6 Å². The van der Waals surface area contributed by atoms with Gasteiger partial charge in [0.2, 0.25) is 5.91 Å². The molecule has 2 aliphatic rings. The third kappa shape index (κ3) is 6.91. The number of nitrogens with zero attached hydrogens (tertiary/aromatic N) is 1. The lowest BCUT2D eigenvalue weighted by atomic mass is 9.92. The van der Waals surface area contributed by atoms with Gasteiger partial charge in [0.25, 0.3) is 0 Å². The number of hydrogen-bond donors (Lipinski definition) is 2. The van der Waals surface area contributed by atoms with E-state index in [0.29, 0.717) is 19.3 Å². The minimum atomic E-state index is -0.460. The highest BCUT2D eigenvalue weighted by Crippen LogP contribution is 2.21. The number of halogens is 2. The summed E-state index contributed by atoms with van der Waals surface area (Å²) in [5.74, 6) is 0.123. The zero-order valence-electron chi connectivity index (χ0n) is 16.1. The van der Waals surface area contributed by atoms with E-state index in [2.05, 4.69) is 29.3 Å². The van der Waals surface area contributed by atoms with Crippen LogP contribution in [0.15, 0.2) is 24.3 Å².